The van der Waals surface area contributed by atoms with Gasteiger partial charge in [-0.2, -0.15) is 0 Å². The molecule has 1 N–H and O–H groups in total. The van der Waals surface area contributed by atoms with Crippen LogP contribution in [-0.2, 0) is 0 Å². The van der Waals surface area contributed by atoms with Gasteiger partial charge in [0.1, 0.15) is 0 Å². The van der Waals surface area contributed by atoms with Crippen LogP contribution in [0.3, 0.4) is 0 Å². The van der Waals surface area contributed by atoms with Crippen LogP contribution >= 0.6 is 0 Å². The summed E-state index contributed by atoms with van der Waals surface area (Å²) in [6.45, 7) is 1.17. The minimum Gasteiger partial charge on any atom is -0.393 e. The van der Waals surface area contributed by atoms with Gasteiger partial charge in [-0.3, -0.25) is 4.79 Å². The predicted molar refractivity (Wildman–Crippen MR) is 78.6 cm³/mol. The highest BCUT2D eigenvalue weighted by Gasteiger charge is 2.22. The molecule has 0 saturated carbocycles. The fourth-order valence-electron chi connectivity index (χ4n) is 2.43. The molecular formula is C16H17N3O2. The largest absolute Gasteiger partial charge is 0.393 e. The van der Waals surface area contributed by atoms with Crippen molar-refractivity contribution < 1.29 is 9.90 Å². The molecule has 1 aliphatic rings. The summed E-state index contributed by atoms with van der Waals surface area (Å²) < 4.78 is 0. The third-order valence-corrected chi connectivity index (χ3v) is 3.68. The highest BCUT2D eigenvalue weighted by Crippen LogP contribution is 2.16. The van der Waals surface area contributed by atoms with Gasteiger partial charge in [-0.05, 0) is 12.8 Å². The smallest absolute Gasteiger partial charge is 0.256 e. The molecule has 1 aliphatic heterocycles. The third-order valence-electron chi connectivity index (χ3n) is 3.68. The molecule has 1 aromatic carbocycles. The van der Waals surface area contributed by atoms with Gasteiger partial charge in [-0.25, -0.2) is 9.97 Å². The van der Waals surface area contributed by atoms with Crippen molar-refractivity contribution in [3.8, 4) is 11.4 Å². The lowest BCUT2D eigenvalue weighted by Crippen LogP contribution is -2.40. The first-order chi connectivity index (χ1) is 10.2. The molecule has 5 heteroatoms. The zero-order chi connectivity index (χ0) is 14.7. The number of hydrogen-bond donors (Lipinski definition) is 1. The fourth-order valence-corrected chi connectivity index (χ4v) is 2.43. The van der Waals surface area contributed by atoms with Crippen LogP contribution < -0.4 is 0 Å². The zero-order valence-electron chi connectivity index (χ0n) is 11.6. The number of piperidine rings is 1. The number of benzene rings is 1. The van der Waals surface area contributed by atoms with Crippen LogP contribution in [0.2, 0.25) is 0 Å². The van der Waals surface area contributed by atoms with E-state index in [9.17, 15) is 9.90 Å². The molecule has 21 heavy (non-hydrogen) atoms. The number of likely N-dealkylation sites (tertiary alicyclic amines) is 1. The quantitative estimate of drug-likeness (QED) is 0.911. The van der Waals surface area contributed by atoms with E-state index < -0.39 is 0 Å². The summed E-state index contributed by atoms with van der Waals surface area (Å²) in [5.41, 5.74) is 1.42. The van der Waals surface area contributed by atoms with Crippen molar-refractivity contribution in [3.63, 3.8) is 0 Å². The second kappa shape index (κ2) is 6.01. The first-order valence-electron chi connectivity index (χ1n) is 7.09. The summed E-state index contributed by atoms with van der Waals surface area (Å²) >= 11 is 0. The van der Waals surface area contributed by atoms with Gasteiger partial charge in [-0.1, -0.05) is 30.3 Å². The summed E-state index contributed by atoms with van der Waals surface area (Å²) in [4.78, 5) is 22.6. The lowest BCUT2D eigenvalue weighted by Gasteiger charge is -2.29. The molecule has 0 radical (unpaired) electrons. The Morgan fingerprint density at radius 2 is 1.71 bits per heavy atom. The lowest BCUT2D eigenvalue weighted by atomic mass is 10.1. The van der Waals surface area contributed by atoms with Gasteiger partial charge in [0, 0.05) is 31.0 Å². The molecule has 0 bridgehead atoms. The molecule has 1 amide bonds. The van der Waals surface area contributed by atoms with Gasteiger partial charge in [0.25, 0.3) is 5.91 Å². The number of carbonyl (C=O) groups excluding carboxylic acids is 1. The highest BCUT2D eigenvalue weighted by molar-refractivity contribution is 5.93. The number of carbonyl (C=O) groups is 1. The number of amides is 1. The number of aliphatic hydroxyl groups is 1. The fraction of sp³-hybridized carbons (Fsp3) is 0.312. The van der Waals surface area contributed by atoms with Crippen molar-refractivity contribution in [2.45, 2.75) is 18.9 Å². The van der Waals surface area contributed by atoms with E-state index in [1.165, 1.54) is 0 Å². The second-order valence-electron chi connectivity index (χ2n) is 5.18. The van der Waals surface area contributed by atoms with E-state index >= 15 is 0 Å². The normalized spacial score (nSPS) is 16.0. The maximum atomic E-state index is 12.3. The lowest BCUT2D eigenvalue weighted by molar-refractivity contribution is 0.0546. The number of rotatable bonds is 2. The molecular weight excluding hydrogens is 266 g/mol. The van der Waals surface area contributed by atoms with Crippen molar-refractivity contribution in [2.24, 2.45) is 0 Å². The van der Waals surface area contributed by atoms with E-state index in [1.807, 2.05) is 30.3 Å². The predicted octanol–water partition coefficient (Wildman–Crippen LogP) is 1.74. The molecule has 0 aliphatic carbocycles. The highest BCUT2D eigenvalue weighted by atomic mass is 16.3. The van der Waals surface area contributed by atoms with Crippen molar-refractivity contribution in [3.05, 3.63) is 48.3 Å². The SMILES string of the molecule is O=C(c1cnc(-c2ccccc2)nc1)N1CCC(O)CC1. The molecule has 2 heterocycles. The zero-order valence-corrected chi connectivity index (χ0v) is 11.6. The third kappa shape index (κ3) is 3.08. The molecule has 108 valence electrons. The van der Waals surface area contributed by atoms with Gasteiger partial charge in [0.15, 0.2) is 5.82 Å². The Balaban J connectivity index is 1.73. The minimum atomic E-state index is -0.286. The van der Waals surface area contributed by atoms with E-state index in [1.54, 1.807) is 17.3 Å². The Kier molecular flexibility index (Phi) is 3.92. The van der Waals surface area contributed by atoms with Crippen LogP contribution in [-0.4, -0.2) is 45.1 Å². The van der Waals surface area contributed by atoms with E-state index in [0.29, 0.717) is 37.3 Å². The summed E-state index contributed by atoms with van der Waals surface area (Å²) in [6, 6.07) is 9.66. The Morgan fingerprint density at radius 3 is 2.33 bits per heavy atom. The van der Waals surface area contributed by atoms with Crippen LogP contribution in [0.4, 0.5) is 0 Å². The van der Waals surface area contributed by atoms with Gasteiger partial charge >= 0.3 is 0 Å². The van der Waals surface area contributed by atoms with Crippen molar-refractivity contribution >= 4 is 5.91 Å². The van der Waals surface area contributed by atoms with Crippen molar-refractivity contribution in [2.75, 3.05) is 13.1 Å². The van der Waals surface area contributed by atoms with Crippen LogP contribution in [0.25, 0.3) is 11.4 Å². The molecule has 0 spiro atoms. The second-order valence-corrected chi connectivity index (χ2v) is 5.18. The molecule has 0 unspecified atom stereocenters. The first-order valence-corrected chi connectivity index (χ1v) is 7.09. The maximum absolute atomic E-state index is 12.3. The molecule has 1 aromatic heterocycles. The monoisotopic (exact) mass is 283 g/mol. The molecule has 0 atom stereocenters. The molecule has 1 saturated heterocycles. The maximum Gasteiger partial charge on any atom is 0.256 e. The van der Waals surface area contributed by atoms with E-state index in [0.717, 1.165) is 5.56 Å². The van der Waals surface area contributed by atoms with Crippen molar-refractivity contribution in [1.82, 2.24) is 14.9 Å². The molecule has 2 aromatic rings. The average Bonchev–Trinajstić information content (AvgIpc) is 2.56. The Morgan fingerprint density at radius 1 is 1.10 bits per heavy atom. The van der Waals surface area contributed by atoms with Gasteiger partial charge in [0.2, 0.25) is 0 Å². The molecule has 1 fully saturated rings. The summed E-state index contributed by atoms with van der Waals surface area (Å²) in [5, 5.41) is 9.48. The van der Waals surface area contributed by atoms with Gasteiger partial charge < -0.3 is 10.0 Å². The molecule has 5 nitrogen and oxygen atoms in total. The first kappa shape index (κ1) is 13.7. The van der Waals surface area contributed by atoms with Crippen LogP contribution in [0.1, 0.15) is 23.2 Å². The standard InChI is InChI=1S/C16H17N3O2/c20-14-6-8-19(9-7-14)16(21)13-10-17-15(18-11-13)12-4-2-1-3-5-12/h1-5,10-11,14,20H,6-9H2. The van der Waals surface area contributed by atoms with Crippen LogP contribution in [0.5, 0.6) is 0 Å². The van der Waals surface area contributed by atoms with Gasteiger partial charge in [0.05, 0.1) is 11.7 Å². The van der Waals surface area contributed by atoms with Crippen molar-refractivity contribution in [1.29, 1.82) is 0 Å². The van der Waals surface area contributed by atoms with Crippen LogP contribution in [0.15, 0.2) is 42.7 Å². The Bertz CT molecular complexity index is 605. The van der Waals surface area contributed by atoms with E-state index in [2.05, 4.69) is 9.97 Å². The van der Waals surface area contributed by atoms with Crippen LogP contribution in [0, 0.1) is 0 Å². The summed E-state index contributed by atoms with van der Waals surface area (Å²) in [5.74, 6) is 0.544. The number of hydrogen-bond acceptors (Lipinski definition) is 4. The summed E-state index contributed by atoms with van der Waals surface area (Å²) in [6.07, 6.45) is 4.13. The molecule has 3 rings (SSSR count). The van der Waals surface area contributed by atoms with E-state index in [-0.39, 0.29) is 12.0 Å². The minimum absolute atomic E-state index is 0.0680. The average molecular weight is 283 g/mol. The topological polar surface area (TPSA) is 66.3 Å². The number of aliphatic hydroxyl groups excluding tert-OH is 1. The number of nitrogens with zero attached hydrogens (tertiary/aromatic N) is 3. The Hall–Kier alpha value is -2.27. The number of aromatic nitrogens is 2. The van der Waals surface area contributed by atoms with E-state index in [4.69, 9.17) is 0 Å². The summed E-state index contributed by atoms with van der Waals surface area (Å²) in [7, 11) is 0. The van der Waals surface area contributed by atoms with Gasteiger partial charge in [-0.15, -0.1) is 0 Å². The Labute approximate surface area is 123 Å².